The van der Waals surface area contributed by atoms with Crippen molar-refractivity contribution in [3.8, 4) is 0 Å². The fourth-order valence-corrected chi connectivity index (χ4v) is 4.38. The van der Waals surface area contributed by atoms with Gasteiger partial charge in [0.2, 0.25) is 0 Å². The molecule has 0 aromatic heterocycles. The summed E-state index contributed by atoms with van der Waals surface area (Å²) in [6, 6.07) is 0. The predicted molar refractivity (Wildman–Crippen MR) is 131 cm³/mol. The summed E-state index contributed by atoms with van der Waals surface area (Å²) in [5.41, 5.74) is -12.6. The molecule has 0 aromatic rings. The summed E-state index contributed by atoms with van der Waals surface area (Å²) in [6.45, 7) is 12.1. The van der Waals surface area contributed by atoms with Crippen molar-refractivity contribution < 1.29 is 68.7 Å². The first kappa shape index (κ1) is 39.4. The molecule has 0 rings (SSSR count). The highest BCUT2D eigenvalue weighted by atomic mass is 19.4. The van der Waals surface area contributed by atoms with E-state index in [1.54, 1.807) is 0 Å². The maximum absolute atomic E-state index is 13.6. The second kappa shape index (κ2) is 13.4. The smallest absolute Gasteiger partial charge is 0.428 e. The van der Waals surface area contributed by atoms with Crippen LogP contribution in [0, 0.1) is 0 Å². The van der Waals surface area contributed by atoms with E-state index in [2.05, 4.69) is 6.58 Å². The molecule has 0 aliphatic heterocycles. The van der Waals surface area contributed by atoms with Crippen molar-refractivity contribution in [2.24, 2.45) is 0 Å². The fourth-order valence-electron chi connectivity index (χ4n) is 4.38. The molecule has 0 spiro atoms. The molecule has 0 aliphatic rings. The van der Waals surface area contributed by atoms with Crippen LogP contribution in [0.5, 0.6) is 0 Å². The molecule has 0 amide bonds. The monoisotopic (exact) mass is 620 g/mol. The number of alkyl halides is 9. The van der Waals surface area contributed by atoms with E-state index in [0.717, 1.165) is 6.92 Å². The second-order valence-electron chi connectivity index (χ2n) is 10.5. The number of hydrogen-bond acceptors (Lipinski definition) is 6. The molecule has 2 N–H and O–H groups in total. The van der Waals surface area contributed by atoms with Crippen LogP contribution in [0.15, 0.2) is 12.2 Å². The number of carbonyl (C=O) groups is 1. The summed E-state index contributed by atoms with van der Waals surface area (Å²) in [6.07, 6.45) is -25.5. The number of halogens is 9. The number of rotatable bonds is 15. The molecule has 0 saturated carbocycles. The Morgan fingerprint density at radius 3 is 1.46 bits per heavy atom. The van der Waals surface area contributed by atoms with Crippen molar-refractivity contribution in [3.63, 3.8) is 0 Å². The predicted octanol–water partition coefficient (Wildman–Crippen LogP) is 6.96. The summed E-state index contributed by atoms with van der Waals surface area (Å²) in [5.74, 6) is -1.06. The maximum atomic E-state index is 13.6. The SMILES string of the molecule is C=C(C)C(=O)OC(CC(CC)(CC)OC(C)C(O)(C(F)(F)F)C(F)(F)F)C(CC)(CC)OC(C)C(C)(O)C(F)(F)F. The van der Waals surface area contributed by atoms with Crippen LogP contribution in [-0.4, -0.2) is 75.4 Å². The van der Waals surface area contributed by atoms with Crippen LogP contribution < -0.4 is 0 Å². The highest BCUT2D eigenvalue weighted by Crippen LogP contribution is 2.48. The van der Waals surface area contributed by atoms with Gasteiger partial charge in [0.1, 0.15) is 17.8 Å². The number of ether oxygens (including phenoxy) is 3. The summed E-state index contributed by atoms with van der Waals surface area (Å²) in [5, 5.41) is 20.0. The molecule has 0 bridgehead atoms. The topological polar surface area (TPSA) is 85.2 Å². The minimum Gasteiger partial charge on any atom is -0.456 e. The van der Waals surface area contributed by atoms with E-state index in [-0.39, 0.29) is 31.3 Å². The average molecular weight is 621 g/mol. The summed E-state index contributed by atoms with van der Waals surface area (Å²) in [4.78, 5) is 12.6. The molecule has 0 saturated heterocycles. The first-order chi connectivity index (χ1) is 18.2. The number of carbonyl (C=O) groups excluding carboxylic acids is 1. The third-order valence-electron chi connectivity index (χ3n) is 7.88. The Labute approximate surface area is 234 Å². The molecule has 0 fully saturated rings. The van der Waals surface area contributed by atoms with Gasteiger partial charge in [-0.15, -0.1) is 0 Å². The van der Waals surface area contributed by atoms with E-state index < -0.39 is 71.6 Å². The number of esters is 1. The summed E-state index contributed by atoms with van der Waals surface area (Å²) < 4.78 is 139. The Balaban J connectivity index is 6.97. The van der Waals surface area contributed by atoms with Crippen molar-refractivity contribution in [2.45, 2.75) is 147 Å². The van der Waals surface area contributed by atoms with E-state index in [1.807, 2.05) is 0 Å². The van der Waals surface area contributed by atoms with Crippen LogP contribution >= 0.6 is 0 Å². The largest absolute Gasteiger partial charge is 0.456 e. The van der Waals surface area contributed by atoms with Crippen LogP contribution in [0.2, 0.25) is 0 Å². The molecule has 0 radical (unpaired) electrons. The quantitative estimate of drug-likeness (QED) is 0.117. The molecule has 0 heterocycles. The Morgan fingerprint density at radius 2 is 1.17 bits per heavy atom. The minimum absolute atomic E-state index is 0.163. The summed E-state index contributed by atoms with van der Waals surface area (Å²) >= 11 is 0. The van der Waals surface area contributed by atoms with Crippen molar-refractivity contribution in [1.82, 2.24) is 0 Å². The van der Waals surface area contributed by atoms with Crippen molar-refractivity contribution >= 4 is 5.97 Å². The highest BCUT2D eigenvalue weighted by Gasteiger charge is 2.74. The van der Waals surface area contributed by atoms with Gasteiger partial charge in [-0.3, -0.25) is 0 Å². The zero-order valence-corrected chi connectivity index (χ0v) is 24.4. The molecular formula is C26H41F9O6. The Hall–Kier alpha value is -1.58. The lowest BCUT2D eigenvalue weighted by molar-refractivity contribution is -0.400. The molecule has 6 nitrogen and oxygen atoms in total. The van der Waals surface area contributed by atoms with Crippen LogP contribution in [0.3, 0.4) is 0 Å². The van der Waals surface area contributed by atoms with Gasteiger partial charge in [0.05, 0.1) is 11.7 Å². The van der Waals surface area contributed by atoms with Gasteiger partial charge in [-0.2, -0.15) is 39.5 Å². The Kier molecular flexibility index (Phi) is 12.9. The van der Waals surface area contributed by atoms with E-state index in [4.69, 9.17) is 14.2 Å². The normalized spacial score (nSPS) is 17.9. The van der Waals surface area contributed by atoms with Gasteiger partial charge in [0.15, 0.2) is 5.60 Å². The van der Waals surface area contributed by atoms with E-state index in [1.165, 1.54) is 34.6 Å². The third-order valence-corrected chi connectivity index (χ3v) is 7.88. The molecule has 244 valence electrons. The van der Waals surface area contributed by atoms with E-state index >= 15 is 0 Å². The van der Waals surface area contributed by atoms with Crippen LogP contribution in [0.1, 0.15) is 87.5 Å². The lowest BCUT2D eigenvalue weighted by Crippen LogP contribution is -2.65. The van der Waals surface area contributed by atoms with Gasteiger partial charge in [0, 0.05) is 12.0 Å². The van der Waals surface area contributed by atoms with Crippen LogP contribution in [-0.2, 0) is 19.0 Å². The average Bonchev–Trinajstić information content (AvgIpc) is 2.83. The number of hydrogen-bond donors (Lipinski definition) is 2. The van der Waals surface area contributed by atoms with Gasteiger partial charge < -0.3 is 24.4 Å². The number of aliphatic hydroxyl groups is 2. The van der Waals surface area contributed by atoms with E-state index in [9.17, 15) is 54.5 Å². The standard InChI is InChI=1S/C26H41F9O6/c1-10-21(11-2,40-17(8)23(38,25(30,31)32)26(33,34)35)14-18(39-19(36)15(5)6)22(12-3,13-4)41-16(7)20(9,37)24(27,28)29/h16-18,37-38H,5,10-14H2,1-4,6-9H3. The zero-order valence-electron chi connectivity index (χ0n) is 24.4. The zero-order chi connectivity index (χ0) is 33.0. The van der Waals surface area contributed by atoms with Crippen LogP contribution in [0.4, 0.5) is 39.5 Å². The Bertz CT molecular complexity index is 858. The second-order valence-corrected chi connectivity index (χ2v) is 10.5. The van der Waals surface area contributed by atoms with Crippen molar-refractivity contribution in [3.05, 3.63) is 12.2 Å². The van der Waals surface area contributed by atoms with Gasteiger partial charge >= 0.3 is 24.5 Å². The van der Waals surface area contributed by atoms with Gasteiger partial charge in [0.25, 0.3) is 5.60 Å². The summed E-state index contributed by atoms with van der Waals surface area (Å²) in [7, 11) is 0. The fraction of sp³-hybridized carbons (Fsp3) is 0.885. The molecular weight excluding hydrogens is 579 g/mol. The highest BCUT2D eigenvalue weighted by molar-refractivity contribution is 5.87. The molecule has 0 aromatic carbocycles. The molecule has 0 aliphatic carbocycles. The van der Waals surface area contributed by atoms with Gasteiger partial charge in [-0.05, 0) is 53.4 Å². The van der Waals surface area contributed by atoms with Crippen molar-refractivity contribution in [1.29, 1.82) is 0 Å². The lowest BCUT2D eigenvalue weighted by Gasteiger charge is -2.48. The molecule has 4 unspecified atom stereocenters. The first-order valence-electron chi connectivity index (χ1n) is 13.1. The van der Waals surface area contributed by atoms with Gasteiger partial charge in [-0.25, -0.2) is 4.79 Å². The maximum Gasteiger partial charge on any atom is 0.428 e. The van der Waals surface area contributed by atoms with Crippen LogP contribution in [0.25, 0.3) is 0 Å². The molecule has 15 heteroatoms. The minimum atomic E-state index is -6.19. The molecule has 4 atom stereocenters. The van der Waals surface area contributed by atoms with Crippen molar-refractivity contribution in [2.75, 3.05) is 0 Å². The first-order valence-corrected chi connectivity index (χ1v) is 13.1. The van der Waals surface area contributed by atoms with E-state index in [0.29, 0.717) is 13.8 Å². The van der Waals surface area contributed by atoms with Gasteiger partial charge in [-0.1, -0.05) is 34.3 Å². The Morgan fingerprint density at radius 1 is 0.756 bits per heavy atom. The lowest BCUT2D eigenvalue weighted by atomic mass is 9.79. The third kappa shape index (κ3) is 8.29. The molecule has 41 heavy (non-hydrogen) atoms.